The summed E-state index contributed by atoms with van der Waals surface area (Å²) in [6.45, 7) is 5.35. The molecule has 5 nitrogen and oxygen atoms in total. The summed E-state index contributed by atoms with van der Waals surface area (Å²) in [6.07, 6.45) is 1.46. The molecular weight excluding hydrogens is 392 g/mol. The number of carbonyl (C=O) groups is 3. The zero-order valence-corrected chi connectivity index (χ0v) is 16.2. The molecule has 0 bridgehead atoms. The highest BCUT2D eigenvalue weighted by Gasteiger charge is 2.30. The van der Waals surface area contributed by atoms with Gasteiger partial charge in [0.1, 0.15) is 6.54 Å². The van der Waals surface area contributed by atoms with Crippen LogP contribution in [0, 0.1) is 5.41 Å². The van der Waals surface area contributed by atoms with Crippen LogP contribution in [0.5, 0.6) is 0 Å². The molecule has 0 atom stereocenters. The fraction of sp³-hybridized carbons (Fsp3) is 0.353. The van der Waals surface area contributed by atoms with Crippen LogP contribution in [0.4, 0.5) is 5.69 Å². The molecule has 0 aromatic heterocycles. The Morgan fingerprint density at radius 3 is 2.50 bits per heavy atom. The van der Waals surface area contributed by atoms with E-state index < -0.39 is 5.41 Å². The Labute approximate surface area is 154 Å². The third-order valence-corrected chi connectivity index (χ3v) is 4.89. The summed E-state index contributed by atoms with van der Waals surface area (Å²) >= 11 is 4.61. The maximum Gasteiger partial charge on any atom is 0.244 e. The van der Waals surface area contributed by atoms with Crippen molar-refractivity contribution < 1.29 is 14.4 Å². The summed E-state index contributed by atoms with van der Waals surface area (Å²) < 4.78 is 0.914. The topological polar surface area (TPSA) is 66.5 Å². The zero-order valence-electron chi connectivity index (χ0n) is 13.8. The van der Waals surface area contributed by atoms with E-state index in [4.69, 9.17) is 0 Å². The molecule has 0 spiro atoms. The number of allylic oxidation sites excluding steroid dienone is 1. The minimum atomic E-state index is -0.523. The molecule has 7 heteroatoms. The van der Waals surface area contributed by atoms with E-state index in [0.29, 0.717) is 10.7 Å². The van der Waals surface area contributed by atoms with Crippen LogP contribution in [0.2, 0.25) is 0 Å². The predicted octanol–water partition coefficient (Wildman–Crippen LogP) is 3.42. The number of ketones is 1. The minimum absolute atomic E-state index is 0.0713. The average molecular weight is 411 g/mol. The Morgan fingerprint density at radius 1 is 1.29 bits per heavy atom. The molecule has 128 valence electrons. The molecular formula is C17H19BrN2O3S. The van der Waals surface area contributed by atoms with Crippen LogP contribution < -0.4 is 5.32 Å². The second-order valence-electron chi connectivity index (χ2n) is 6.42. The van der Waals surface area contributed by atoms with Crippen molar-refractivity contribution in [2.75, 3.05) is 17.6 Å². The molecule has 1 aromatic rings. The summed E-state index contributed by atoms with van der Waals surface area (Å²) in [7, 11) is 0. The maximum absolute atomic E-state index is 12.2. The van der Waals surface area contributed by atoms with Crippen molar-refractivity contribution in [1.29, 1.82) is 0 Å². The van der Waals surface area contributed by atoms with E-state index in [1.54, 1.807) is 12.1 Å². The fourth-order valence-electron chi connectivity index (χ4n) is 1.91. The third kappa shape index (κ3) is 4.95. The highest BCUT2D eigenvalue weighted by molar-refractivity contribution is 9.10. The summed E-state index contributed by atoms with van der Waals surface area (Å²) in [6, 6.07) is 7.17. The Hall–Kier alpha value is -1.60. The van der Waals surface area contributed by atoms with Gasteiger partial charge in [0.2, 0.25) is 11.8 Å². The number of hydrogen-bond donors (Lipinski definition) is 1. The number of amides is 2. The van der Waals surface area contributed by atoms with Gasteiger partial charge in [0.15, 0.2) is 5.78 Å². The van der Waals surface area contributed by atoms with Crippen molar-refractivity contribution >= 4 is 51.0 Å². The first-order valence-electron chi connectivity index (χ1n) is 7.41. The van der Waals surface area contributed by atoms with Crippen LogP contribution in [0.1, 0.15) is 20.8 Å². The van der Waals surface area contributed by atoms with Crippen LogP contribution in [0.25, 0.3) is 0 Å². The standard InChI is InChI=1S/C17H19BrN2O3S/c1-17(2,3)13(21)8-16-20(15(23)10-24-16)9-14(22)19-12-6-4-11(18)5-7-12/h4-8H,9-10H2,1-3H3,(H,19,22)/b16-8-. The van der Waals surface area contributed by atoms with E-state index in [1.807, 2.05) is 32.9 Å². The Bertz CT molecular complexity index is 693. The van der Waals surface area contributed by atoms with Crippen molar-refractivity contribution in [3.05, 3.63) is 39.8 Å². The van der Waals surface area contributed by atoms with Gasteiger partial charge in [-0.1, -0.05) is 48.5 Å². The molecule has 2 amide bonds. The quantitative estimate of drug-likeness (QED) is 0.772. The molecule has 1 fully saturated rings. The predicted molar refractivity (Wildman–Crippen MR) is 99.5 cm³/mol. The van der Waals surface area contributed by atoms with Gasteiger partial charge in [-0.05, 0) is 24.3 Å². The Morgan fingerprint density at radius 2 is 1.92 bits per heavy atom. The summed E-state index contributed by atoms with van der Waals surface area (Å²) in [5, 5.41) is 3.28. The molecule has 0 radical (unpaired) electrons. The molecule has 2 rings (SSSR count). The van der Waals surface area contributed by atoms with Gasteiger partial charge in [-0.3, -0.25) is 19.3 Å². The number of thioether (sulfide) groups is 1. The highest BCUT2D eigenvalue weighted by Crippen LogP contribution is 2.30. The molecule has 24 heavy (non-hydrogen) atoms. The molecule has 1 aromatic carbocycles. The Balaban J connectivity index is 2.06. The van der Waals surface area contributed by atoms with Gasteiger partial charge in [0.25, 0.3) is 0 Å². The van der Waals surface area contributed by atoms with Crippen LogP contribution in [0.15, 0.2) is 39.8 Å². The van der Waals surface area contributed by atoms with E-state index in [0.717, 1.165) is 4.47 Å². The molecule has 1 saturated heterocycles. The number of benzene rings is 1. The number of halogens is 1. The monoisotopic (exact) mass is 410 g/mol. The zero-order chi connectivity index (χ0) is 17.9. The van der Waals surface area contributed by atoms with Crippen molar-refractivity contribution in [1.82, 2.24) is 4.90 Å². The lowest BCUT2D eigenvalue weighted by Crippen LogP contribution is -2.34. The van der Waals surface area contributed by atoms with Crippen LogP contribution in [-0.2, 0) is 14.4 Å². The summed E-state index contributed by atoms with van der Waals surface area (Å²) in [5.74, 6) is -0.298. The van der Waals surface area contributed by atoms with Crippen molar-refractivity contribution in [2.45, 2.75) is 20.8 Å². The van der Waals surface area contributed by atoms with Crippen LogP contribution in [-0.4, -0.2) is 34.8 Å². The van der Waals surface area contributed by atoms with Gasteiger partial charge >= 0.3 is 0 Å². The van der Waals surface area contributed by atoms with Crippen molar-refractivity contribution in [3.8, 4) is 0 Å². The number of rotatable bonds is 4. The lowest BCUT2D eigenvalue weighted by Gasteiger charge is -2.19. The minimum Gasteiger partial charge on any atom is -0.325 e. The number of nitrogens with zero attached hydrogens (tertiary/aromatic N) is 1. The van der Waals surface area contributed by atoms with Gasteiger partial charge in [0.05, 0.1) is 10.8 Å². The fourth-order valence-corrected chi connectivity index (χ4v) is 3.11. The number of carbonyl (C=O) groups excluding carboxylic acids is 3. The molecule has 0 aliphatic carbocycles. The molecule has 1 aliphatic rings. The smallest absolute Gasteiger partial charge is 0.244 e. The van der Waals surface area contributed by atoms with E-state index in [1.165, 1.54) is 22.7 Å². The van der Waals surface area contributed by atoms with Gasteiger partial charge in [-0.25, -0.2) is 0 Å². The van der Waals surface area contributed by atoms with Gasteiger partial charge in [-0.2, -0.15) is 0 Å². The van der Waals surface area contributed by atoms with Crippen LogP contribution in [0.3, 0.4) is 0 Å². The first kappa shape index (κ1) is 18.7. The second kappa shape index (κ2) is 7.53. The first-order chi connectivity index (χ1) is 11.2. The van der Waals surface area contributed by atoms with Gasteiger partial charge in [0, 0.05) is 21.7 Å². The van der Waals surface area contributed by atoms with Gasteiger partial charge in [-0.15, -0.1) is 0 Å². The molecule has 1 aliphatic heterocycles. The SMILES string of the molecule is CC(C)(C)C(=O)/C=C1\SCC(=O)N1CC(=O)Nc1ccc(Br)cc1. The van der Waals surface area contributed by atoms with E-state index >= 15 is 0 Å². The lowest BCUT2D eigenvalue weighted by atomic mass is 9.91. The number of hydrogen-bond acceptors (Lipinski definition) is 4. The molecule has 1 heterocycles. The third-order valence-electron chi connectivity index (χ3n) is 3.33. The molecule has 0 unspecified atom stereocenters. The lowest BCUT2D eigenvalue weighted by molar-refractivity contribution is -0.129. The molecule has 0 saturated carbocycles. The average Bonchev–Trinajstić information content (AvgIpc) is 2.81. The molecule has 1 N–H and O–H groups in total. The maximum atomic E-state index is 12.2. The second-order valence-corrected chi connectivity index (χ2v) is 8.33. The van der Waals surface area contributed by atoms with Crippen molar-refractivity contribution in [2.24, 2.45) is 5.41 Å². The Kier molecular flexibility index (Phi) is 5.87. The normalized spacial score (nSPS) is 16.6. The highest BCUT2D eigenvalue weighted by atomic mass is 79.9. The first-order valence-corrected chi connectivity index (χ1v) is 9.19. The van der Waals surface area contributed by atoms with Gasteiger partial charge < -0.3 is 5.32 Å². The van der Waals surface area contributed by atoms with E-state index in [2.05, 4.69) is 21.2 Å². The summed E-state index contributed by atoms with van der Waals surface area (Å²) in [5.41, 5.74) is 0.128. The van der Waals surface area contributed by atoms with E-state index in [9.17, 15) is 14.4 Å². The summed E-state index contributed by atoms with van der Waals surface area (Å²) in [4.78, 5) is 37.7. The van der Waals surface area contributed by atoms with Crippen molar-refractivity contribution in [3.63, 3.8) is 0 Å². The largest absolute Gasteiger partial charge is 0.325 e. The number of anilines is 1. The van der Waals surface area contributed by atoms with Crippen LogP contribution >= 0.6 is 27.7 Å². The van der Waals surface area contributed by atoms with E-state index in [-0.39, 0.29) is 29.9 Å². The number of nitrogens with one attached hydrogen (secondary N) is 1.